The zero-order valence-electron chi connectivity index (χ0n) is 17.4. The molecule has 1 unspecified atom stereocenters. The molecule has 1 aliphatic heterocycles. The van der Waals surface area contributed by atoms with E-state index in [2.05, 4.69) is 10.4 Å². The third-order valence-electron chi connectivity index (χ3n) is 4.88. The van der Waals surface area contributed by atoms with Crippen molar-refractivity contribution >= 4 is 18.2 Å². The molecule has 9 nitrogen and oxygen atoms in total. The van der Waals surface area contributed by atoms with Crippen molar-refractivity contribution in [2.45, 2.75) is 12.5 Å². The first-order valence-corrected chi connectivity index (χ1v) is 9.03. The van der Waals surface area contributed by atoms with Gasteiger partial charge in [-0.2, -0.15) is 5.10 Å². The summed E-state index contributed by atoms with van der Waals surface area (Å²) in [6.45, 7) is 1.63. The largest absolute Gasteiger partial charge is 0.497 e. The summed E-state index contributed by atoms with van der Waals surface area (Å²) in [5, 5.41) is 7.58. The average molecular weight is 413 g/mol. The molecular weight excluding hydrogens is 390 g/mol. The van der Waals surface area contributed by atoms with Crippen LogP contribution < -0.4 is 24.3 Å². The lowest BCUT2D eigenvalue weighted by molar-refractivity contribution is -0.131. The lowest BCUT2D eigenvalue weighted by Crippen LogP contribution is -2.40. The minimum Gasteiger partial charge on any atom is -0.497 e. The standard InChI is InChI=1S/C21H23N3O6/c1-21(14-6-8-15(27-2)9-7-14)19(25)24(20(26)23-21)22-12-13-10-17(29-4)18(30-5)11-16(13)28-3/h6-12H,1-5H3,(H,23,26)/b22-12+. The van der Waals surface area contributed by atoms with Gasteiger partial charge < -0.3 is 24.3 Å². The molecule has 3 amide bonds. The third-order valence-corrected chi connectivity index (χ3v) is 4.88. The van der Waals surface area contributed by atoms with Crippen LogP contribution in [0.5, 0.6) is 23.0 Å². The van der Waals surface area contributed by atoms with Gasteiger partial charge in [-0.15, -0.1) is 5.01 Å². The Morgan fingerprint density at radius 1 is 0.900 bits per heavy atom. The van der Waals surface area contributed by atoms with E-state index in [1.165, 1.54) is 27.5 Å². The highest BCUT2D eigenvalue weighted by molar-refractivity contribution is 6.07. The summed E-state index contributed by atoms with van der Waals surface area (Å²) in [4.78, 5) is 25.5. The number of hydrazone groups is 1. The molecule has 30 heavy (non-hydrogen) atoms. The van der Waals surface area contributed by atoms with Crippen LogP contribution in [0.2, 0.25) is 0 Å². The van der Waals surface area contributed by atoms with Crippen LogP contribution in [0.1, 0.15) is 18.1 Å². The van der Waals surface area contributed by atoms with Crippen molar-refractivity contribution in [3.8, 4) is 23.0 Å². The van der Waals surface area contributed by atoms with Gasteiger partial charge in [-0.05, 0) is 30.7 Å². The highest BCUT2D eigenvalue weighted by Gasteiger charge is 2.49. The minimum absolute atomic E-state index is 0.446. The van der Waals surface area contributed by atoms with Gasteiger partial charge in [0.05, 0.1) is 34.7 Å². The van der Waals surface area contributed by atoms with Crippen molar-refractivity contribution in [3.05, 3.63) is 47.5 Å². The molecule has 2 aromatic rings. The van der Waals surface area contributed by atoms with E-state index < -0.39 is 17.5 Å². The van der Waals surface area contributed by atoms with Crippen molar-refractivity contribution in [1.29, 1.82) is 0 Å². The summed E-state index contributed by atoms with van der Waals surface area (Å²) >= 11 is 0. The lowest BCUT2D eigenvalue weighted by atomic mass is 9.92. The van der Waals surface area contributed by atoms with E-state index >= 15 is 0 Å². The molecular formula is C21H23N3O6. The molecule has 0 saturated carbocycles. The number of ether oxygens (including phenoxy) is 4. The second-order valence-corrected chi connectivity index (χ2v) is 6.59. The molecule has 1 N–H and O–H groups in total. The van der Waals surface area contributed by atoms with Crippen molar-refractivity contribution < 1.29 is 28.5 Å². The van der Waals surface area contributed by atoms with Gasteiger partial charge in [-0.1, -0.05) is 12.1 Å². The first-order chi connectivity index (χ1) is 14.4. The SMILES string of the molecule is COc1ccc(C2(C)NC(=O)N(/N=C/c3cc(OC)c(OC)cc3OC)C2=O)cc1. The van der Waals surface area contributed by atoms with Gasteiger partial charge in [0.25, 0.3) is 5.91 Å². The Morgan fingerprint density at radius 3 is 2.07 bits per heavy atom. The number of carbonyl (C=O) groups is 2. The molecule has 0 aromatic heterocycles. The van der Waals surface area contributed by atoms with E-state index in [4.69, 9.17) is 18.9 Å². The molecule has 1 atom stereocenters. The number of rotatable bonds is 7. The van der Waals surface area contributed by atoms with Gasteiger partial charge in [-0.3, -0.25) is 4.79 Å². The molecule has 0 bridgehead atoms. The zero-order chi connectivity index (χ0) is 21.9. The molecule has 9 heteroatoms. The number of amides is 3. The van der Waals surface area contributed by atoms with Crippen LogP contribution >= 0.6 is 0 Å². The molecule has 158 valence electrons. The van der Waals surface area contributed by atoms with Gasteiger partial charge in [0, 0.05) is 11.6 Å². The van der Waals surface area contributed by atoms with Gasteiger partial charge >= 0.3 is 6.03 Å². The summed E-state index contributed by atoms with van der Waals surface area (Å²) in [5.41, 5.74) is -0.126. The summed E-state index contributed by atoms with van der Waals surface area (Å²) in [6, 6.07) is 9.54. The van der Waals surface area contributed by atoms with E-state index in [1.54, 1.807) is 50.4 Å². The Balaban J connectivity index is 1.91. The summed E-state index contributed by atoms with van der Waals surface area (Å²) in [7, 11) is 6.06. The molecule has 0 aliphatic carbocycles. The lowest BCUT2D eigenvalue weighted by Gasteiger charge is -2.21. The quantitative estimate of drug-likeness (QED) is 0.553. The fourth-order valence-corrected chi connectivity index (χ4v) is 3.12. The van der Waals surface area contributed by atoms with E-state index in [0.29, 0.717) is 34.1 Å². The van der Waals surface area contributed by atoms with Crippen LogP contribution in [0.3, 0.4) is 0 Å². The first-order valence-electron chi connectivity index (χ1n) is 9.03. The van der Waals surface area contributed by atoms with E-state index in [-0.39, 0.29) is 0 Å². The van der Waals surface area contributed by atoms with Gasteiger partial charge in [-0.25, -0.2) is 4.79 Å². The number of carbonyl (C=O) groups excluding carboxylic acids is 2. The zero-order valence-corrected chi connectivity index (χ0v) is 17.4. The second-order valence-electron chi connectivity index (χ2n) is 6.59. The number of nitrogens with one attached hydrogen (secondary N) is 1. The molecule has 0 radical (unpaired) electrons. The highest BCUT2D eigenvalue weighted by atomic mass is 16.5. The summed E-state index contributed by atoms with van der Waals surface area (Å²) in [5.74, 6) is 1.53. The maximum atomic E-state index is 13.0. The normalized spacial score (nSPS) is 18.5. The minimum atomic E-state index is -1.25. The predicted molar refractivity (Wildman–Crippen MR) is 109 cm³/mol. The van der Waals surface area contributed by atoms with Crippen molar-refractivity contribution in [2.75, 3.05) is 28.4 Å². The molecule has 2 aromatic carbocycles. The highest BCUT2D eigenvalue weighted by Crippen LogP contribution is 2.34. The predicted octanol–water partition coefficient (Wildman–Crippen LogP) is 2.52. The van der Waals surface area contributed by atoms with Crippen LogP contribution in [-0.4, -0.2) is 51.6 Å². The molecule has 1 saturated heterocycles. The van der Waals surface area contributed by atoms with Crippen LogP contribution in [0, 0.1) is 0 Å². The molecule has 3 rings (SSSR count). The van der Waals surface area contributed by atoms with E-state index in [9.17, 15) is 9.59 Å². The average Bonchev–Trinajstić information content (AvgIpc) is 3.00. The molecule has 1 heterocycles. The van der Waals surface area contributed by atoms with Gasteiger partial charge in [0.2, 0.25) is 0 Å². The molecule has 1 fully saturated rings. The maximum absolute atomic E-state index is 13.0. The number of benzene rings is 2. The Labute approximate surface area is 174 Å². The Bertz CT molecular complexity index is 989. The van der Waals surface area contributed by atoms with Crippen LogP contribution in [0.4, 0.5) is 4.79 Å². The molecule has 1 aliphatic rings. The van der Waals surface area contributed by atoms with Gasteiger partial charge in [0.15, 0.2) is 11.5 Å². The Kier molecular flexibility index (Phi) is 5.81. The fraction of sp³-hybridized carbons (Fsp3) is 0.286. The van der Waals surface area contributed by atoms with E-state index in [0.717, 1.165) is 5.01 Å². The fourth-order valence-electron chi connectivity index (χ4n) is 3.12. The molecule has 0 spiro atoms. The number of hydrogen-bond donors (Lipinski definition) is 1. The number of methoxy groups -OCH3 is 4. The topological polar surface area (TPSA) is 98.7 Å². The monoisotopic (exact) mass is 413 g/mol. The van der Waals surface area contributed by atoms with Crippen molar-refractivity contribution in [1.82, 2.24) is 10.3 Å². The Morgan fingerprint density at radius 2 is 1.50 bits per heavy atom. The van der Waals surface area contributed by atoms with Crippen molar-refractivity contribution in [2.24, 2.45) is 5.10 Å². The van der Waals surface area contributed by atoms with Crippen LogP contribution in [0.25, 0.3) is 0 Å². The summed E-state index contributed by atoms with van der Waals surface area (Å²) < 4.78 is 21.0. The smallest absolute Gasteiger partial charge is 0.346 e. The first kappa shape index (κ1) is 21.0. The number of imide groups is 1. The maximum Gasteiger partial charge on any atom is 0.346 e. The summed E-state index contributed by atoms with van der Waals surface area (Å²) in [6.07, 6.45) is 1.36. The van der Waals surface area contributed by atoms with Gasteiger partial charge in [0.1, 0.15) is 17.0 Å². The third kappa shape index (κ3) is 3.61. The van der Waals surface area contributed by atoms with E-state index in [1.807, 2.05) is 0 Å². The Hall–Kier alpha value is -3.75. The number of nitrogens with zero attached hydrogens (tertiary/aromatic N) is 2. The second kappa shape index (κ2) is 8.32. The number of urea groups is 1. The number of hydrogen-bond acceptors (Lipinski definition) is 7. The van der Waals surface area contributed by atoms with Crippen molar-refractivity contribution in [3.63, 3.8) is 0 Å². The van der Waals surface area contributed by atoms with Crippen LogP contribution in [0.15, 0.2) is 41.5 Å². The van der Waals surface area contributed by atoms with Crippen LogP contribution in [-0.2, 0) is 10.3 Å².